The standard InChI is InChI=1S/C12H14BNO/c1-12(2,3)9-6-4-5-8-7-14(13)11(15)10(8)9/h4-6H,7H2,1-3H3. The van der Waals surface area contributed by atoms with E-state index in [1.807, 2.05) is 18.2 Å². The van der Waals surface area contributed by atoms with Crippen molar-refractivity contribution in [3.8, 4) is 0 Å². The lowest BCUT2D eigenvalue weighted by molar-refractivity contribution is 0.0878. The largest absolute Gasteiger partial charge is 0.389 e. The molecule has 1 amide bonds. The molecule has 0 saturated carbocycles. The van der Waals surface area contributed by atoms with Crippen molar-refractivity contribution in [2.45, 2.75) is 32.7 Å². The van der Waals surface area contributed by atoms with Crippen molar-refractivity contribution in [1.82, 2.24) is 4.81 Å². The van der Waals surface area contributed by atoms with E-state index in [4.69, 9.17) is 7.98 Å². The molecular formula is C12H14BNO. The fourth-order valence-electron chi connectivity index (χ4n) is 2.01. The molecule has 2 radical (unpaired) electrons. The van der Waals surface area contributed by atoms with Gasteiger partial charge in [0.2, 0.25) is 13.9 Å². The minimum absolute atomic E-state index is 0.0216. The second-order valence-corrected chi connectivity index (χ2v) is 5.02. The molecule has 1 aliphatic rings. The number of carbonyl (C=O) groups excluding carboxylic acids is 1. The van der Waals surface area contributed by atoms with Gasteiger partial charge in [-0.2, -0.15) is 0 Å². The number of nitrogens with zero attached hydrogens (tertiary/aromatic N) is 1. The lowest BCUT2D eigenvalue weighted by Gasteiger charge is -2.21. The molecule has 0 atom stereocenters. The highest BCUT2D eigenvalue weighted by Crippen LogP contribution is 2.32. The summed E-state index contributed by atoms with van der Waals surface area (Å²) in [4.78, 5) is 13.1. The normalized spacial score (nSPS) is 15.7. The molecular weight excluding hydrogens is 185 g/mol. The Labute approximate surface area is 91.7 Å². The van der Waals surface area contributed by atoms with Crippen LogP contribution in [0.3, 0.4) is 0 Å². The van der Waals surface area contributed by atoms with E-state index in [0.29, 0.717) is 6.54 Å². The highest BCUT2D eigenvalue weighted by atomic mass is 16.2. The minimum Gasteiger partial charge on any atom is -0.389 e. The summed E-state index contributed by atoms with van der Waals surface area (Å²) in [6.45, 7) is 6.84. The maximum Gasteiger partial charge on any atom is 0.241 e. The summed E-state index contributed by atoms with van der Waals surface area (Å²) >= 11 is 0. The highest BCUT2D eigenvalue weighted by molar-refractivity contribution is 6.20. The third-order valence-corrected chi connectivity index (χ3v) is 2.77. The van der Waals surface area contributed by atoms with E-state index in [9.17, 15) is 4.79 Å². The van der Waals surface area contributed by atoms with E-state index < -0.39 is 0 Å². The summed E-state index contributed by atoms with van der Waals surface area (Å²) in [5, 5.41) is 0. The smallest absolute Gasteiger partial charge is 0.241 e. The molecule has 1 aliphatic heterocycles. The number of hydrogen-bond acceptors (Lipinski definition) is 1. The number of carbonyl (C=O) groups is 1. The quantitative estimate of drug-likeness (QED) is 0.585. The molecule has 0 unspecified atom stereocenters. The van der Waals surface area contributed by atoms with Crippen LogP contribution in [0, 0.1) is 0 Å². The van der Waals surface area contributed by atoms with Gasteiger partial charge in [-0.15, -0.1) is 0 Å². The van der Waals surface area contributed by atoms with Gasteiger partial charge in [-0.25, -0.2) is 0 Å². The Morgan fingerprint density at radius 2 is 2.00 bits per heavy atom. The van der Waals surface area contributed by atoms with Crippen LogP contribution in [0.4, 0.5) is 0 Å². The number of fused-ring (bicyclic) bond motifs is 1. The average molecular weight is 199 g/mol. The van der Waals surface area contributed by atoms with E-state index in [0.717, 1.165) is 16.7 Å². The van der Waals surface area contributed by atoms with Crippen LogP contribution in [0.25, 0.3) is 0 Å². The Hall–Kier alpha value is -1.25. The van der Waals surface area contributed by atoms with Crippen molar-refractivity contribution >= 4 is 13.9 Å². The molecule has 1 aromatic carbocycles. The van der Waals surface area contributed by atoms with Crippen LogP contribution in [0.1, 0.15) is 42.3 Å². The van der Waals surface area contributed by atoms with Crippen molar-refractivity contribution in [2.75, 3.05) is 0 Å². The van der Waals surface area contributed by atoms with Crippen molar-refractivity contribution in [2.24, 2.45) is 0 Å². The van der Waals surface area contributed by atoms with Gasteiger partial charge in [0.15, 0.2) is 0 Å². The van der Waals surface area contributed by atoms with Crippen LogP contribution in [-0.2, 0) is 12.0 Å². The van der Waals surface area contributed by atoms with Crippen LogP contribution in [0.5, 0.6) is 0 Å². The van der Waals surface area contributed by atoms with Gasteiger partial charge in [-0.05, 0) is 16.5 Å². The molecule has 3 heteroatoms. The van der Waals surface area contributed by atoms with Crippen LogP contribution < -0.4 is 0 Å². The van der Waals surface area contributed by atoms with Gasteiger partial charge in [0.05, 0.1) is 0 Å². The molecule has 2 rings (SSSR count). The summed E-state index contributed by atoms with van der Waals surface area (Å²) in [6.07, 6.45) is 0. The van der Waals surface area contributed by atoms with Crippen molar-refractivity contribution < 1.29 is 4.79 Å². The molecule has 0 saturated heterocycles. The van der Waals surface area contributed by atoms with Crippen LogP contribution in [-0.4, -0.2) is 18.7 Å². The summed E-state index contributed by atoms with van der Waals surface area (Å²) in [6, 6.07) is 5.97. The zero-order valence-corrected chi connectivity index (χ0v) is 9.37. The molecule has 1 heterocycles. The zero-order valence-electron chi connectivity index (χ0n) is 9.37. The summed E-state index contributed by atoms with van der Waals surface area (Å²) in [5.41, 5.74) is 2.90. The Morgan fingerprint density at radius 1 is 1.33 bits per heavy atom. The molecule has 2 nitrogen and oxygen atoms in total. The Morgan fingerprint density at radius 3 is 2.60 bits per heavy atom. The summed E-state index contributed by atoms with van der Waals surface area (Å²) in [5.74, 6) is -0.0597. The third kappa shape index (κ3) is 1.56. The van der Waals surface area contributed by atoms with Gasteiger partial charge in [0.1, 0.15) is 0 Å². The lowest BCUT2D eigenvalue weighted by Crippen LogP contribution is -2.22. The topological polar surface area (TPSA) is 20.3 Å². The Kier molecular flexibility index (Phi) is 2.14. The van der Waals surface area contributed by atoms with Gasteiger partial charge in [0, 0.05) is 12.1 Å². The molecule has 0 bridgehead atoms. The predicted molar refractivity (Wildman–Crippen MR) is 60.8 cm³/mol. The van der Waals surface area contributed by atoms with Crippen molar-refractivity contribution in [3.63, 3.8) is 0 Å². The van der Waals surface area contributed by atoms with Gasteiger partial charge in [0.25, 0.3) is 0 Å². The monoisotopic (exact) mass is 199 g/mol. The first-order valence-corrected chi connectivity index (χ1v) is 5.10. The first kappa shape index (κ1) is 10.3. The molecule has 0 spiro atoms. The third-order valence-electron chi connectivity index (χ3n) is 2.77. The van der Waals surface area contributed by atoms with Crippen molar-refractivity contribution in [1.29, 1.82) is 0 Å². The van der Waals surface area contributed by atoms with E-state index in [1.54, 1.807) is 0 Å². The molecule has 0 aliphatic carbocycles. The summed E-state index contributed by atoms with van der Waals surface area (Å²) in [7, 11) is 5.62. The predicted octanol–water partition coefficient (Wildman–Crippen LogP) is 2.02. The molecule has 0 fully saturated rings. The van der Waals surface area contributed by atoms with E-state index in [-0.39, 0.29) is 11.3 Å². The minimum atomic E-state index is -0.0597. The first-order valence-electron chi connectivity index (χ1n) is 5.10. The maximum absolute atomic E-state index is 11.9. The lowest BCUT2D eigenvalue weighted by atomic mass is 9.82. The average Bonchev–Trinajstić information content (AvgIpc) is 2.41. The molecule has 15 heavy (non-hydrogen) atoms. The number of amides is 1. The van der Waals surface area contributed by atoms with Crippen LogP contribution >= 0.6 is 0 Å². The number of rotatable bonds is 0. The zero-order chi connectivity index (χ0) is 11.2. The van der Waals surface area contributed by atoms with Crippen LogP contribution in [0.2, 0.25) is 0 Å². The Balaban J connectivity index is 2.63. The van der Waals surface area contributed by atoms with E-state index >= 15 is 0 Å². The molecule has 0 aromatic heterocycles. The molecule has 1 aromatic rings. The van der Waals surface area contributed by atoms with Crippen LogP contribution in [0.15, 0.2) is 18.2 Å². The van der Waals surface area contributed by atoms with Gasteiger partial charge >= 0.3 is 0 Å². The fourth-order valence-corrected chi connectivity index (χ4v) is 2.01. The summed E-state index contributed by atoms with van der Waals surface area (Å²) < 4.78 is 0. The van der Waals surface area contributed by atoms with E-state index in [2.05, 4.69) is 20.8 Å². The highest BCUT2D eigenvalue weighted by Gasteiger charge is 2.30. The van der Waals surface area contributed by atoms with Gasteiger partial charge in [-0.3, -0.25) is 4.79 Å². The second kappa shape index (κ2) is 3.12. The van der Waals surface area contributed by atoms with Gasteiger partial charge in [-0.1, -0.05) is 39.0 Å². The van der Waals surface area contributed by atoms with Gasteiger partial charge < -0.3 is 4.81 Å². The number of benzene rings is 1. The Bertz CT molecular complexity index is 420. The SMILES string of the molecule is [B]N1Cc2cccc(C(C)(C)C)c2C1=O. The van der Waals surface area contributed by atoms with E-state index in [1.165, 1.54) is 4.81 Å². The van der Waals surface area contributed by atoms with Crippen molar-refractivity contribution in [3.05, 3.63) is 34.9 Å². The molecule has 76 valence electrons. The second-order valence-electron chi connectivity index (χ2n) is 5.02. The maximum atomic E-state index is 11.9. The molecule has 0 N–H and O–H groups in total. The number of hydrogen-bond donors (Lipinski definition) is 0. The first-order chi connectivity index (χ1) is 6.91. The fraction of sp³-hybridized carbons (Fsp3) is 0.417.